The van der Waals surface area contributed by atoms with Gasteiger partial charge in [-0.05, 0) is 42.5 Å². The fraction of sp³-hybridized carbons (Fsp3) is 0.133. The lowest BCUT2D eigenvalue weighted by Crippen LogP contribution is -2.28. The number of nitrogens with two attached hydrogens (primary N) is 1. The highest BCUT2D eigenvalue weighted by Gasteiger charge is 2.07. The zero-order valence-corrected chi connectivity index (χ0v) is 12.6. The SMILES string of the molecule is Nc1ccc(OCCNC(=O)c2ccc(Cl)c(Cl)c2)cc1. The van der Waals surface area contributed by atoms with E-state index in [1.54, 1.807) is 36.4 Å². The molecule has 0 bridgehead atoms. The molecule has 1 amide bonds. The molecule has 0 aliphatic carbocycles. The number of anilines is 1. The molecule has 0 fully saturated rings. The summed E-state index contributed by atoms with van der Waals surface area (Å²) in [6.45, 7) is 0.737. The molecule has 0 heterocycles. The summed E-state index contributed by atoms with van der Waals surface area (Å²) in [7, 11) is 0. The van der Waals surface area contributed by atoms with Gasteiger partial charge in [-0.25, -0.2) is 0 Å². The maximum absolute atomic E-state index is 11.9. The molecule has 6 heteroatoms. The number of rotatable bonds is 5. The average Bonchev–Trinajstić information content (AvgIpc) is 2.48. The van der Waals surface area contributed by atoms with E-state index < -0.39 is 0 Å². The maximum Gasteiger partial charge on any atom is 0.251 e. The largest absolute Gasteiger partial charge is 0.492 e. The number of carbonyl (C=O) groups excluding carboxylic acids is 1. The van der Waals surface area contributed by atoms with E-state index in [-0.39, 0.29) is 5.91 Å². The molecule has 3 N–H and O–H groups in total. The van der Waals surface area contributed by atoms with Gasteiger partial charge in [0.05, 0.1) is 16.6 Å². The van der Waals surface area contributed by atoms with Crippen molar-refractivity contribution < 1.29 is 9.53 Å². The third-order valence-corrected chi connectivity index (χ3v) is 3.46. The Hall–Kier alpha value is -1.91. The average molecular weight is 325 g/mol. The minimum atomic E-state index is -0.227. The zero-order chi connectivity index (χ0) is 15.2. The van der Waals surface area contributed by atoms with Crippen molar-refractivity contribution >= 4 is 34.8 Å². The first-order valence-corrected chi connectivity index (χ1v) is 7.03. The van der Waals surface area contributed by atoms with Crippen molar-refractivity contribution in [3.05, 3.63) is 58.1 Å². The second-order valence-electron chi connectivity index (χ2n) is 4.30. The molecule has 0 spiro atoms. The van der Waals surface area contributed by atoms with Crippen molar-refractivity contribution in [1.82, 2.24) is 5.32 Å². The van der Waals surface area contributed by atoms with Crippen LogP contribution >= 0.6 is 23.2 Å². The van der Waals surface area contributed by atoms with Crippen LogP contribution in [0.4, 0.5) is 5.69 Å². The molecule has 21 heavy (non-hydrogen) atoms. The van der Waals surface area contributed by atoms with Crippen molar-refractivity contribution in [2.45, 2.75) is 0 Å². The Bertz CT molecular complexity index is 630. The van der Waals surface area contributed by atoms with E-state index in [9.17, 15) is 4.79 Å². The summed E-state index contributed by atoms with van der Waals surface area (Å²) in [5, 5.41) is 3.50. The monoisotopic (exact) mass is 324 g/mol. The third-order valence-electron chi connectivity index (χ3n) is 2.72. The first-order valence-electron chi connectivity index (χ1n) is 6.28. The molecule has 0 aromatic heterocycles. The number of hydrogen-bond donors (Lipinski definition) is 2. The molecule has 0 saturated carbocycles. The molecule has 0 unspecified atom stereocenters. The zero-order valence-electron chi connectivity index (χ0n) is 11.1. The molecule has 110 valence electrons. The highest BCUT2D eigenvalue weighted by Crippen LogP contribution is 2.22. The molecule has 0 saturated heterocycles. The van der Waals surface area contributed by atoms with Crippen molar-refractivity contribution in [2.75, 3.05) is 18.9 Å². The van der Waals surface area contributed by atoms with Crippen LogP contribution in [0, 0.1) is 0 Å². The van der Waals surface area contributed by atoms with Gasteiger partial charge in [0, 0.05) is 11.3 Å². The van der Waals surface area contributed by atoms with Crippen LogP contribution < -0.4 is 15.8 Å². The Morgan fingerprint density at radius 3 is 2.48 bits per heavy atom. The Kier molecular flexibility index (Phi) is 5.31. The van der Waals surface area contributed by atoms with E-state index in [2.05, 4.69) is 5.32 Å². The van der Waals surface area contributed by atoms with E-state index in [0.717, 1.165) is 0 Å². The summed E-state index contributed by atoms with van der Waals surface area (Å²) in [6.07, 6.45) is 0. The lowest BCUT2D eigenvalue weighted by Gasteiger charge is -2.08. The topological polar surface area (TPSA) is 64.3 Å². The fourth-order valence-electron chi connectivity index (χ4n) is 1.64. The van der Waals surface area contributed by atoms with E-state index in [4.69, 9.17) is 33.7 Å². The van der Waals surface area contributed by atoms with Crippen molar-refractivity contribution in [2.24, 2.45) is 0 Å². The van der Waals surface area contributed by atoms with Crippen molar-refractivity contribution in [3.63, 3.8) is 0 Å². The predicted molar refractivity (Wildman–Crippen MR) is 85.1 cm³/mol. The predicted octanol–water partition coefficient (Wildman–Crippen LogP) is 3.38. The summed E-state index contributed by atoms with van der Waals surface area (Å²) >= 11 is 11.7. The summed E-state index contributed by atoms with van der Waals surface area (Å²) in [4.78, 5) is 11.9. The Morgan fingerprint density at radius 1 is 1.10 bits per heavy atom. The van der Waals surface area contributed by atoms with Gasteiger partial charge in [-0.1, -0.05) is 23.2 Å². The van der Waals surface area contributed by atoms with Crippen molar-refractivity contribution in [1.29, 1.82) is 0 Å². The van der Waals surface area contributed by atoms with E-state index in [0.29, 0.717) is 40.2 Å². The van der Waals surface area contributed by atoms with Crippen LogP contribution in [0.5, 0.6) is 5.75 Å². The van der Waals surface area contributed by atoms with Crippen LogP contribution in [0.2, 0.25) is 10.0 Å². The minimum absolute atomic E-state index is 0.227. The van der Waals surface area contributed by atoms with Crippen LogP contribution in [0.25, 0.3) is 0 Å². The first-order chi connectivity index (χ1) is 10.1. The second-order valence-corrected chi connectivity index (χ2v) is 5.12. The van der Waals surface area contributed by atoms with Gasteiger partial charge in [-0.2, -0.15) is 0 Å². The van der Waals surface area contributed by atoms with Gasteiger partial charge in [0.15, 0.2) is 0 Å². The molecule has 0 atom stereocenters. The molecule has 0 aliphatic rings. The van der Waals surface area contributed by atoms with Gasteiger partial charge < -0.3 is 15.8 Å². The number of halogens is 2. The van der Waals surface area contributed by atoms with Gasteiger partial charge in [0.25, 0.3) is 5.91 Å². The molecule has 2 aromatic rings. The number of amides is 1. The number of nitrogens with one attached hydrogen (secondary N) is 1. The Balaban J connectivity index is 1.79. The van der Waals surface area contributed by atoms with Crippen LogP contribution in [0.15, 0.2) is 42.5 Å². The summed E-state index contributed by atoms with van der Waals surface area (Å²) in [5.41, 5.74) is 6.71. The molecule has 0 radical (unpaired) electrons. The first kappa shape index (κ1) is 15.5. The van der Waals surface area contributed by atoms with Gasteiger partial charge in [0.1, 0.15) is 12.4 Å². The number of carbonyl (C=O) groups is 1. The normalized spacial score (nSPS) is 10.2. The van der Waals surface area contributed by atoms with Gasteiger partial charge in [-0.3, -0.25) is 4.79 Å². The Morgan fingerprint density at radius 2 is 1.81 bits per heavy atom. The molecule has 2 aromatic carbocycles. The smallest absolute Gasteiger partial charge is 0.251 e. The standard InChI is InChI=1S/C15H14Cl2N2O2/c16-13-6-1-10(9-14(13)17)15(20)19-7-8-21-12-4-2-11(18)3-5-12/h1-6,9H,7-8,18H2,(H,19,20). The quantitative estimate of drug-likeness (QED) is 0.654. The summed E-state index contributed by atoms with van der Waals surface area (Å²) in [5.74, 6) is 0.474. The Labute approximate surface area is 132 Å². The second kappa shape index (κ2) is 7.20. The fourth-order valence-corrected chi connectivity index (χ4v) is 1.94. The number of nitrogen functional groups attached to an aromatic ring is 1. The highest BCUT2D eigenvalue weighted by molar-refractivity contribution is 6.42. The highest BCUT2D eigenvalue weighted by atomic mass is 35.5. The van der Waals surface area contributed by atoms with Crippen molar-refractivity contribution in [3.8, 4) is 5.75 Å². The van der Waals surface area contributed by atoms with Gasteiger partial charge >= 0.3 is 0 Å². The van der Waals surface area contributed by atoms with Crippen LogP contribution in [-0.2, 0) is 0 Å². The van der Waals surface area contributed by atoms with E-state index in [1.807, 2.05) is 0 Å². The number of ether oxygens (including phenoxy) is 1. The maximum atomic E-state index is 11.9. The lowest BCUT2D eigenvalue weighted by atomic mass is 10.2. The molecule has 0 aliphatic heterocycles. The van der Waals surface area contributed by atoms with Crippen LogP contribution in [0.3, 0.4) is 0 Å². The number of benzene rings is 2. The number of hydrogen-bond acceptors (Lipinski definition) is 3. The molecule has 2 rings (SSSR count). The van der Waals surface area contributed by atoms with Crippen LogP contribution in [-0.4, -0.2) is 19.1 Å². The lowest BCUT2D eigenvalue weighted by molar-refractivity contribution is 0.0947. The summed E-state index contributed by atoms with van der Waals surface area (Å²) in [6, 6.07) is 11.8. The van der Waals surface area contributed by atoms with E-state index >= 15 is 0 Å². The van der Waals surface area contributed by atoms with Gasteiger partial charge in [-0.15, -0.1) is 0 Å². The summed E-state index contributed by atoms with van der Waals surface area (Å²) < 4.78 is 5.47. The molecule has 4 nitrogen and oxygen atoms in total. The van der Waals surface area contributed by atoms with E-state index in [1.165, 1.54) is 6.07 Å². The van der Waals surface area contributed by atoms with Gasteiger partial charge in [0.2, 0.25) is 0 Å². The molecular weight excluding hydrogens is 311 g/mol. The third kappa shape index (κ3) is 4.55. The minimum Gasteiger partial charge on any atom is -0.492 e. The molecular formula is C15H14Cl2N2O2. The van der Waals surface area contributed by atoms with Crippen LogP contribution in [0.1, 0.15) is 10.4 Å².